The number of benzene rings is 2. The maximum atomic E-state index is 13.1. The van der Waals surface area contributed by atoms with Crippen LogP contribution in [-0.4, -0.2) is 28.2 Å². The van der Waals surface area contributed by atoms with E-state index in [9.17, 15) is 9.59 Å². The predicted octanol–water partition coefficient (Wildman–Crippen LogP) is 5.33. The molecule has 3 aromatic rings. The van der Waals surface area contributed by atoms with Crippen LogP contribution in [0, 0.1) is 5.92 Å². The van der Waals surface area contributed by atoms with Crippen LogP contribution < -0.4 is 0 Å². The van der Waals surface area contributed by atoms with Crippen molar-refractivity contribution in [2.24, 2.45) is 5.92 Å². The number of aromatic nitrogens is 1. The summed E-state index contributed by atoms with van der Waals surface area (Å²) in [5.74, 6) is 0.0432. The van der Waals surface area contributed by atoms with Crippen molar-refractivity contribution >= 4 is 33.4 Å². The third-order valence-corrected chi connectivity index (χ3v) is 5.67. The molecule has 0 fully saturated rings. The van der Waals surface area contributed by atoms with Gasteiger partial charge in [0.25, 0.3) is 5.91 Å². The first-order valence-corrected chi connectivity index (χ1v) is 10.6. The zero-order chi connectivity index (χ0) is 19.9. The highest BCUT2D eigenvalue weighted by molar-refractivity contribution is 7.20. The van der Waals surface area contributed by atoms with Crippen molar-refractivity contribution < 1.29 is 9.59 Å². The second-order valence-corrected chi connectivity index (χ2v) is 8.39. The van der Waals surface area contributed by atoms with Gasteiger partial charge < -0.3 is 0 Å². The molecule has 0 saturated carbocycles. The Hall–Kier alpha value is -2.53. The second kappa shape index (κ2) is 9.60. The number of fused-ring (bicyclic) bond motifs is 1. The smallest absolute Gasteiger partial charge is 0.276 e. The van der Waals surface area contributed by atoms with Gasteiger partial charge in [-0.2, -0.15) is 0 Å². The lowest BCUT2D eigenvalue weighted by Crippen LogP contribution is -2.38. The minimum Gasteiger partial charge on any atom is -0.276 e. The van der Waals surface area contributed by atoms with Gasteiger partial charge in [0.2, 0.25) is 5.91 Å². The topological polar surface area (TPSA) is 50.3 Å². The average Bonchev–Trinajstić information content (AvgIpc) is 3.14. The van der Waals surface area contributed by atoms with Crippen molar-refractivity contribution in [3.8, 4) is 0 Å². The van der Waals surface area contributed by atoms with Gasteiger partial charge in [-0.25, -0.2) is 4.98 Å². The van der Waals surface area contributed by atoms with Crippen LogP contribution in [0.1, 0.15) is 48.5 Å². The summed E-state index contributed by atoms with van der Waals surface area (Å²) >= 11 is 1.35. The molecule has 0 aliphatic heterocycles. The van der Waals surface area contributed by atoms with E-state index in [1.165, 1.54) is 21.8 Å². The predicted molar refractivity (Wildman–Crippen MR) is 114 cm³/mol. The summed E-state index contributed by atoms with van der Waals surface area (Å²) in [6.45, 7) is 4.59. The van der Waals surface area contributed by atoms with Gasteiger partial charge in [0.15, 0.2) is 5.01 Å². The van der Waals surface area contributed by atoms with Crippen molar-refractivity contribution in [1.29, 1.82) is 0 Å². The molecule has 2 aromatic carbocycles. The van der Waals surface area contributed by atoms with E-state index < -0.39 is 0 Å². The maximum Gasteiger partial charge on any atom is 0.289 e. The Balaban J connectivity index is 1.73. The minimum atomic E-state index is -0.275. The van der Waals surface area contributed by atoms with Crippen LogP contribution >= 0.6 is 11.3 Å². The second-order valence-electron chi connectivity index (χ2n) is 7.36. The molecule has 0 bridgehead atoms. The monoisotopic (exact) mass is 394 g/mol. The first-order chi connectivity index (χ1) is 13.5. The zero-order valence-electron chi connectivity index (χ0n) is 16.4. The number of imide groups is 1. The number of nitrogens with zero attached hydrogens (tertiary/aromatic N) is 2. The molecule has 0 atom stereocenters. The van der Waals surface area contributed by atoms with Crippen molar-refractivity contribution in [1.82, 2.24) is 9.88 Å². The molecule has 1 heterocycles. The Morgan fingerprint density at radius 3 is 2.46 bits per heavy atom. The molecular formula is C23H26N2O2S. The number of rotatable bonds is 8. The Morgan fingerprint density at radius 2 is 1.75 bits per heavy atom. The number of amides is 2. The molecule has 0 N–H and O–H groups in total. The highest BCUT2D eigenvalue weighted by atomic mass is 32.1. The van der Waals surface area contributed by atoms with E-state index in [-0.39, 0.29) is 11.8 Å². The molecule has 0 unspecified atom stereocenters. The first-order valence-electron chi connectivity index (χ1n) is 9.79. The lowest BCUT2D eigenvalue weighted by Gasteiger charge is -2.20. The van der Waals surface area contributed by atoms with Crippen LogP contribution in [0.3, 0.4) is 0 Å². The average molecular weight is 395 g/mol. The minimum absolute atomic E-state index is 0.106. The van der Waals surface area contributed by atoms with Crippen molar-refractivity contribution in [2.45, 2.75) is 39.5 Å². The van der Waals surface area contributed by atoms with Gasteiger partial charge >= 0.3 is 0 Å². The number of aryl methyl sites for hydroxylation is 1. The van der Waals surface area contributed by atoms with Gasteiger partial charge in [-0.3, -0.25) is 14.5 Å². The van der Waals surface area contributed by atoms with Crippen LogP contribution in [0.5, 0.6) is 0 Å². The molecule has 0 radical (unpaired) electrons. The Kier molecular flexibility index (Phi) is 6.93. The molecule has 3 rings (SSSR count). The van der Waals surface area contributed by atoms with Gasteiger partial charge in [0.05, 0.1) is 10.2 Å². The van der Waals surface area contributed by atoms with Crippen molar-refractivity contribution in [2.75, 3.05) is 6.54 Å². The fraction of sp³-hybridized carbons (Fsp3) is 0.348. The fourth-order valence-corrected chi connectivity index (χ4v) is 3.97. The van der Waals surface area contributed by atoms with Crippen LogP contribution in [-0.2, 0) is 11.2 Å². The number of thiazole rings is 1. The van der Waals surface area contributed by atoms with Gasteiger partial charge in [0, 0.05) is 13.0 Å². The highest BCUT2D eigenvalue weighted by Gasteiger charge is 2.25. The molecule has 5 heteroatoms. The lowest BCUT2D eigenvalue weighted by molar-refractivity contribution is -0.128. The summed E-state index contributed by atoms with van der Waals surface area (Å²) in [4.78, 5) is 31.8. The van der Waals surface area contributed by atoms with Gasteiger partial charge in [-0.15, -0.1) is 11.3 Å². The van der Waals surface area contributed by atoms with E-state index in [1.807, 2.05) is 42.5 Å². The molecule has 0 spiro atoms. The van der Waals surface area contributed by atoms with E-state index in [4.69, 9.17) is 0 Å². The summed E-state index contributed by atoms with van der Waals surface area (Å²) in [5.41, 5.74) is 2.01. The fourth-order valence-electron chi connectivity index (χ4n) is 3.05. The Bertz CT molecular complexity index is 901. The van der Waals surface area contributed by atoms with Crippen molar-refractivity contribution in [3.63, 3.8) is 0 Å². The molecule has 1 aromatic heterocycles. The first kappa shape index (κ1) is 20.2. The summed E-state index contributed by atoms with van der Waals surface area (Å²) in [5, 5.41) is 0.388. The third kappa shape index (κ3) is 5.26. The summed E-state index contributed by atoms with van der Waals surface area (Å²) in [6, 6.07) is 17.8. The number of para-hydroxylation sites is 1. The molecular weight excluding hydrogens is 368 g/mol. The number of carbonyl (C=O) groups excluding carboxylic acids is 2. The molecule has 0 aliphatic rings. The van der Waals surface area contributed by atoms with E-state index >= 15 is 0 Å². The molecule has 2 amide bonds. The molecule has 28 heavy (non-hydrogen) atoms. The van der Waals surface area contributed by atoms with Crippen LogP contribution in [0.25, 0.3) is 10.2 Å². The SMILES string of the molecule is CC(C)CCC(=O)N(CCCc1ccccc1)C(=O)c1nc2ccccc2s1. The molecule has 0 saturated heterocycles. The Labute approximate surface area is 170 Å². The van der Waals surface area contributed by atoms with Crippen LogP contribution in [0.15, 0.2) is 54.6 Å². The summed E-state index contributed by atoms with van der Waals surface area (Å²) in [7, 11) is 0. The van der Waals surface area contributed by atoms with E-state index in [2.05, 4.69) is 31.0 Å². The van der Waals surface area contributed by atoms with E-state index in [0.29, 0.717) is 23.9 Å². The molecule has 4 nitrogen and oxygen atoms in total. The zero-order valence-corrected chi connectivity index (χ0v) is 17.2. The van der Waals surface area contributed by atoms with Crippen molar-refractivity contribution in [3.05, 3.63) is 65.2 Å². The Morgan fingerprint density at radius 1 is 1.04 bits per heavy atom. The van der Waals surface area contributed by atoms with Gasteiger partial charge in [-0.1, -0.05) is 56.3 Å². The number of carbonyl (C=O) groups is 2. The summed E-state index contributed by atoms with van der Waals surface area (Å²) < 4.78 is 0.963. The lowest BCUT2D eigenvalue weighted by atomic mass is 10.1. The third-order valence-electron chi connectivity index (χ3n) is 4.65. The standard InChI is InChI=1S/C23H26N2O2S/c1-17(2)14-15-21(26)25(16-8-11-18-9-4-3-5-10-18)23(27)22-24-19-12-6-7-13-20(19)28-22/h3-7,9-10,12-13,17H,8,11,14-16H2,1-2H3. The summed E-state index contributed by atoms with van der Waals surface area (Å²) in [6.07, 6.45) is 2.75. The van der Waals surface area contributed by atoms with E-state index in [1.54, 1.807) is 0 Å². The highest BCUT2D eigenvalue weighted by Crippen LogP contribution is 2.23. The normalized spacial score (nSPS) is 11.1. The quantitative estimate of drug-likeness (QED) is 0.518. The largest absolute Gasteiger partial charge is 0.289 e. The van der Waals surface area contributed by atoms with Crippen LogP contribution in [0.2, 0.25) is 0 Å². The molecule has 0 aliphatic carbocycles. The maximum absolute atomic E-state index is 13.1. The number of hydrogen-bond acceptors (Lipinski definition) is 4. The van der Waals surface area contributed by atoms with Gasteiger partial charge in [-0.05, 0) is 42.9 Å². The van der Waals surface area contributed by atoms with E-state index in [0.717, 1.165) is 29.5 Å². The van der Waals surface area contributed by atoms with Gasteiger partial charge in [0.1, 0.15) is 0 Å². The molecule has 146 valence electrons. The number of hydrogen-bond donors (Lipinski definition) is 0. The van der Waals surface area contributed by atoms with Crippen LogP contribution in [0.4, 0.5) is 0 Å².